The molecule has 0 aliphatic carbocycles. The standard InChI is InChI=1S/C28H27Cl2N7O/c29-21-11-12-22(23(30)17-21)28(38)35-34-26-24(31)27(33-18-32-26)37-15-13-36(14-16-37)25(19-7-3-1-4-8-19)20-9-5-2-6-10-20/h1-12,17-18,25H,13-16,31H2,(H,35,38)(H,32,33,34). The molecule has 1 saturated heterocycles. The summed E-state index contributed by atoms with van der Waals surface area (Å²) in [4.78, 5) is 25.8. The van der Waals surface area contributed by atoms with Crippen LogP contribution >= 0.6 is 23.2 Å². The molecule has 8 nitrogen and oxygen atoms in total. The van der Waals surface area contributed by atoms with Gasteiger partial charge in [0.1, 0.15) is 12.0 Å². The van der Waals surface area contributed by atoms with Crippen molar-refractivity contribution in [3.63, 3.8) is 0 Å². The van der Waals surface area contributed by atoms with Crippen LogP contribution in [-0.2, 0) is 0 Å². The number of halogens is 2. The van der Waals surface area contributed by atoms with Crippen LogP contribution in [0.1, 0.15) is 27.5 Å². The fourth-order valence-corrected chi connectivity index (χ4v) is 5.17. The number of nitrogens with two attached hydrogens (primary N) is 1. The Kier molecular flexibility index (Phi) is 7.93. The molecule has 0 radical (unpaired) electrons. The Hall–Kier alpha value is -3.85. The molecule has 194 valence electrons. The molecule has 38 heavy (non-hydrogen) atoms. The Bertz CT molecular complexity index is 1360. The molecule has 0 saturated carbocycles. The molecule has 1 fully saturated rings. The van der Waals surface area contributed by atoms with E-state index >= 15 is 0 Å². The summed E-state index contributed by atoms with van der Waals surface area (Å²) in [6.07, 6.45) is 1.43. The number of aromatic nitrogens is 2. The first kappa shape index (κ1) is 25.8. The number of amides is 1. The highest BCUT2D eigenvalue weighted by atomic mass is 35.5. The highest BCUT2D eigenvalue weighted by Crippen LogP contribution is 2.32. The summed E-state index contributed by atoms with van der Waals surface area (Å²) < 4.78 is 0. The zero-order chi connectivity index (χ0) is 26.5. The third kappa shape index (κ3) is 5.67. The SMILES string of the molecule is Nc1c(NNC(=O)c2ccc(Cl)cc2Cl)ncnc1N1CCN(C(c2ccccc2)c2ccccc2)CC1. The van der Waals surface area contributed by atoms with E-state index in [4.69, 9.17) is 28.9 Å². The van der Waals surface area contributed by atoms with Crippen molar-refractivity contribution in [2.24, 2.45) is 0 Å². The Labute approximate surface area is 231 Å². The number of anilines is 3. The molecule has 10 heteroatoms. The van der Waals surface area contributed by atoms with Gasteiger partial charge in [0.15, 0.2) is 11.6 Å². The van der Waals surface area contributed by atoms with Crippen LogP contribution in [0.15, 0.2) is 85.2 Å². The summed E-state index contributed by atoms with van der Waals surface area (Å²) in [5.74, 6) is 0.493. The van der Waals surface area contributed by atoms with Gasteiger partial charge >= 0.3 is 0 Å². The lowest BCUT2D eigenvalue weighted by atomic mass is 9.96. The minimum Gasteiger partial charge on any atom is -0.393 e. The van der Waals surface area contributed by atoms with Crippen LogP contribution in [0.4, 0.5) is 17.3 Å². The van der Waals surface area contributed by atoms with Crippen LogP contribution in [0.3, 0.4) is 0 Å². The molecule has 0 bridgehead atoms. The number of nitrogen functional groups attached to an aromatic ring is 1. The highest BCUT2D eigenvalue weighted by Gasteiger charge is 2.28. The van der Waals surface area contributed by atoms with Crippen LogP contribution in [-0.4, -0.2) is 47.0 Å². The first-order chi connectivity index (χ1) is 18.5. The van der Waals surface area contributed by atoms with Crippen molar-refractivity contribution in [3.8, 4) is 0 Å². The molecule has 0 atom stereocenters. The van der Waals surface area contributed by atoms with Crippen molar-refractivity contribution in [1.82, 2.24) is 20.3 Å². The molecule has 1 aromatic heterocycles. The van der Waals surface area contributed by atoms with E-state index in [1.807, 2.05) is 12.1 Å². The Morgan fingerprint density at radius 2 is 1.50 bits per heavy atom. The minimum atomic E-state index is -0.437. The van der Waals surface area contributed by atoms with Gasteiger partial charge in [-0.3, -0.25) is 20.5 Å². The molecule has 1 aliphatic rings. The third-order valence-corrected chi connectivity index (χ3v) is 7.09. The largest absolute Gasteiger partial charge is 0.393 e. The number of nitrogens with zero attached hydrogens (tertiary/aromatic N) is 4. The second-order valence-corrected chi connectivity index (χ2v) is 9.75. The topological polar surface area (TPSA) is 99.4 Å². The maximum Gasteiger partial charge on any atom is 0.271 e. The number of carbonyl (C=O) groups excluding carboxylic acids is 1. The Morgan fingerprint density at radius 1 is 0.868 bits per heavy atom. The predicted molar refractivity (Wildman–Crippen MR) is 153 cm³/mol. The monoisotopic (exact) mass is 547 g/mol. The van der Waals surface area contributed by atoms with Crippen molar-refractivity contribution in [2.45, 2.75) is 6.04 Å². The number of piperazine rings is 1. The first-order valence-corrected chi connectivity index (χ1v) is 13.0. The number of rotatable bonds is 7. The van der Waals surface area contributed by atoms with Crippen molar-refractivity contribution >= 4 is 46.4 Å². The van der Waals surface area contributed by atoms with Gasteiger partial charge in [-0.15, -0.1) is 0 Å². The quantitative estimate of drug-likeness (QED) is 0.279. The lowest BCUT2D eigenvalue weighted by Gasteiger charge is -2.40. The van der Waals surface area contributed by atoms with E-state index in [2.05, 4.69) is 79.2 Å². The molecule has 4 N–H and O–H groups in total. The van der Waals surface area contributed by atoms with Gasteiger partial charge in [0.05, 0.1) is 16.6 Å². The first-order valence-electron chi connectivity index (χ1n) is 12.2. The number of carbonyl (C=O) groups is 1. The van der Waals surface area contributed by atoms with E-state index in [0.29, 0.717) is 22.3 Å². The summed E-state index contributed by atoms with van der Waals surface area (Å²) >= 11 is 12.1. The zero-order valence-electron chi connectivity index (χ0n) is 20.5. The normalized spacial score (nSPS) is 13.9. The number of hydrogen-bond acceptors (Lipinski definition) is 7. The maximum atomic E-state index is 12.6. The van der Waals surface area contributed by atoms with Crippen LogP contribution in [0, 0.1) is 0 Å². The number of benzene rings is 3. The fourth-order valence-electron chi connectivity index (χ4n) is 4.67. The van der Waals surface area contributed by atoms with E-state index in [9.17, 15) is 4.79 Å². The van der Waals surface area contributed by atoms with Crippen LogP contribution < -0.4 is 21.5 Å². The molecule has 4 aromatic rings. The van der Waals surface area contributed by atoms with E-state index < -0.39 is 5.91 Å². The average molecular weight is 548 g/mol. The van der Waals surface area contributed by atoms with Gasteiger partial charge in [0.2, 0.25) is 0 Å². The van der Waals surface area contributed by atoms with Crippen molar-refractivity contribution < 1.29 is 4.79 Å². The number of hydrazine groups is 1. The molecular weight excluding hydrogens is 521 g/mol. The fraction of sp³-hybridized carbons (Fsp3) is 0.179. The minimum absolute atomic E-state index is 0.162. The summed E-state index contributed by atoms with van der Waals surface area (Å²) in [5, 5.41) is 0.693. The van der Waals surface area contributed by atoms with Gasteiger partial charge in [0.25, 0.3) is 5.91 Å². The predicted octanol–water partition coefficient (Wildman–Crippen LogP) is 5.03. The molecular formula is C28H27Cl2N7O. The molecule has 0 unspecified atom stereocenters. The van der Waals surface area contributed by atoms with Crippen LogP contribution in [0.5, 0.6) is 0 Å². The summed E-state index contributed by atoms with van der Waals surface area (Å²) in [6.45, 7) is 3.13. The molecule has 3 aromatic carbocycles. The lowest BCUT2D eigenvalue weighted by molar-refractivity contribution is 0.0962. The van der Waals surface area contributed by atoms with E-state index in [-0.39, 0.29) is 16.6 Å². The smallest absolute Gasteiger partial charge is 0.271 e. The van der Waals surface area contributed by atoms with E-state index in [1.54, 1.807) is 12.1 Å². The zero-order valence-corrected chi connectivity index (χ0v) is 22.0. The number of nitrogens with one attached hydrogen (secondary N) is 2. The van der Waals surface area contributed by atoms with E-state index in [1.165, 1.54) is 23.5 Å². The van der Waals surface area contributed by atoms with Crippen molar-refractivity contribution in [2.75, 3.05) is 42.2 Å². The van der Waals surface area contributed by atoms with Crippen LogP contribution in [0.25, 0.3) is 0 Å². The molecule has 5 rings (SSSR count). The van der Waals surface area contributed by atoms with Gasteiger partial charge in [-0.25, -0.2) is 9.97 Å². The van der Waals surface area contributed by atoms with Gasteiger partial charge in [-0.1, -0.05) is 83.9 Å². The molecule has 0 spiro atoms. The summed E-state index contributed by atoms with van der Waals surface area (Å²) in [5.41, 5.74) is 15.0. The average Bonchev–Trinajstić information content (AvgIpc) is 2.94. The third-order valence-electron chi connectivity index (χ3n) is 6.54. The number of hydrogen-bond donors (Lipinski definition) is 3. The molecule has 2 heterocycles. The maximum absolute atomic E-state index is 12.6. The van der Waals surface area contributed by atoms with Crippen molar-refractivity contribution in [3.05, 3.63) is 112 Å². The van der Waals surface area contributed by atoms with Crippen molar-refractivity contribution in [1.29, 1.82) is 0 Å². The van der Waals surface area contributed by atoms with Gasteiger partial charge in [-0.05, 0) is 29.3 Å². The molecule has 1 aliphatic heterocycles. The Morgan fingerprint density at radius 3 is 2.11 bits per heavy atom. The second-order valence-electron chi connectivity index (χ2n) is 8.91. The second kappa shape index (κ2) is 11.7. The van der Waals surface area contributed by atoms with Gasteiger partial charge < -0.3 is 10.6 Å². The summed E-state index contributed by atoms with van der Waals surface area (Å²) in [6, 6.07) is 25.9. The summed E-state index contributed by atoms with van der Waals surface area (Å²) in [7, 11) is 0. The Balaban J connectivity index is 1.27. The highest BCUT2D eigenvalue weighted by molar-refractivity contribution is 6.36. The molecule has 1 amide bonds. The van der Waals surface area contributed by atoms with Gasteiger partial charge in [-0.2, -0.15) is 0 Å². The van der Waals surface area contributed by atoms with E-state index in [0.717, 1.165) is 26.2 Å². The van der Waals surface area contributed by atoms with Crippen LogP contribution in [0.2, 0.25) is 10.0 Å². The lowest BCUT2D eigenvalue weighted by Crippen LogP contribution is -2.48. The van der Waals surface area contributed by atoms with Gasteiger partial charge in [0, 0.05) is 31.2 Å².